The number of carbonyl (C=O) groups excluding carboxylic acids is 2. The van der Waals surface area contributed by atoms with E-state index in [4.69, 9.17) is 9.47 Å². The van der Waals surface area contributed by atoms with Gasteiger partial charge in [0.1, 0.15) is 11.5 Å². The number of rotatable bonds is 7. The summed E-state index contributed by atoms with van der Waals surface area (Å²) in [5.74, 6) is 1.35. The van der Waals surface area contributed by atoms with Crippen LogP contribution in [0.15, 0.2) is 66.7 Å². The number of methoxy groups -OCH3 is 1. The summed E-state index contributed by atoms with van der Waals surface area (Å²) in [5.41, 5.74) is 0.890. The van der Waals surface area contributed by atoms with E-state index in [-0.39, 0.29) is 24.5 Å². The van der Waals surface area contributed by atoms with E-state index in [9.17, 15) is 9.59 Å². The van der Waals surface area contributed by atoms with Crippen LogP contribution in [0.3, 0.4) is 0 Å². The van der Waals surface area contributed by atoms with E-state index in [1.54, 1.807) is 7.11 Å². The summed E-state index contributed by atoms with van der Waals surface area (Å²) in [6, 6.07) is 21.5. The van der Waals surface area contributed by atoms with E-state index < -0.39 is 0 Å². The number of amides is 2. The van der Waals surface area contributed by atoms with Gasteiger partial charge in [-0.2, -0.15) is 0 Å². The Hall–Kier alpha value is -3.54. The van der Waals surface area contributed by atoms with E-state index in [0.29, 0.717) is 25.3 Å². The van der Waals surface area contributed by atoms with Crippen LogP contribution in [0.1, 0.15) is 18.4 Å². The van der Waals surface area contributed by atoms with Crippen LogP contribution in [0.2, 0.25) is 0 Å². The Morgan fingerprint density at radius 2 is 1.69 bits per heavy atom. The first-order chi connectivity index (χ1) is 15.6. The zero-order chi connectivity index (χ0) is 22.3. The zero-order valence-corrected chi connectivity index (χ0v) is 18.3. The standard InChI is InChI=1S/C26H28N2O4/c1-31-24-9-5-4-8-21(24)17-26(30)28-14-12-22(13-15-28)27-25(29)18-32-23-11-10-19-6-2-3-7-20(19)16-23/h2-11,16,22H,12-15,17-18H2,1H3,(H,27,29). The molecule has 166 valence electrons. The van der Waals surface area contributed by atoms with Crippen LogP contribution in [0.5, 0.6) is 11.5 Å². The number of piperidine rings is 1. The highest BCUT2D eigenvalue weighted by molar-refractivity contribution is 5.84. The van der Waals surface area contributed by atoms with Crippen molar-refractivity contribution in [3.8, 4) is 11.5 Å². The van der Waals surface area contributed by atoms with Crippen molar-refractivity contribution in [1.29, 1.82) is 0 Å². The average molecular weight is 433 g/mol. The molecule has 0 radical (unpaired) electrons. The summed E-state index contributed by atoms with van der Waals surface area (Å²) in [4.78, 5) is 26.9. The number of carbonyl (C=O) groups is 2. The van der Waals surface area contributed by atoms with Crippen molar-refractivity contribution in [2.45, 2.75) is 25.3 Å². The number of benzene rings is 3. The number of nitrogens with one attached hydrogen (secondary N) is 1. The number of hydrogen-bond acceptors (Lipinski definition) is 4. The highest BCUT2D eigenvalue weighted by atomic mass is 16.5. The van der Waals surface area contributed by atoms with Crippen LogP contribution in [0, 0.1) is 0 Å². The fourth-order valence-electron chi connectivity index (χ4n) is 4.07. The van der Waals surface area contributed by atoms with Gasteiger partial charge in [0.2, 0.25) is 5.91 Å². The van der Waals surface area contributed by atoms with Crippen LogP contribution in [0.25, 0.3) is 10.8 Å². The van der Waals surface area contributed by atoms with E-state index in [0.717, 1.165) is 34.9 Å². The van der Waals surface area contributed by atoms with Gasteiger partial charge in [0.15, 0.2) is 6.61 Å². The lowest BCUT2D eigenvalue weighted by Gasteiger charge is -2.32. The van der Waals surface area contributed by atoms with E-state index >= 15 is 0 Å². The van der Waals surface area contributed by atoms with Crippen LogP contribution in [-0.2, 0) is 16.0 Å². The monoisotopic (exact) mass is 432 g/mol. The third kappa shape index (κ3) is 5.38. The molecule has 6 nitrogen and oxygen atoms in total. The predicted octanol–water partition coefficient (Wildman–Crippen LogP) is 3.58. The predicted molar refractivity (Wildman–Crippen MR) is 124 cm³/mol. The van der Waals surface area contributed by atoms with Gasteiger partial charge in [-0.1, -0.05) is 48.5 Å². The Bertz CT molecular complexity index is 1090. The first-order valence-corrected chi connectivity index (χ1v) is 10.9. The summed E-state index contributed by atoms with van der Waals surface area (Å²) in [7, 11) is 1.61. The van der Waals surface area contributed by atoms with Gasteiger partial charge in [-0.05, 0) is 41.8 Å². The van der Waals surface area contributed by atoms with Crippen molar-refractivity contribution in [3.63, 3.8) is 0 Å². The summed E-state index contributed by atoms with van der Waals surface area (Å²) in [5, 5.41) is 5.25. The van der Waals surface area contributed by atoms with Gasteiger partial charge < -0.3 is 19.7 Å². The number of likely N-dealkylation sites (tertiary alicyclic amines) is 1. The normalized spacial score (nSPS) is 14.2. The lowest BCUT2D eigenvalue weighted by atomic mass is 10.0. The molecule has 32 heavy (non-hydrogen) atoms. The third-order valence-electron chi connectivity index (χ3n) is 5.84. The number of nitrogens with zero attached hydrogens (tertiary/aromatic N) is 1. The molecule has 1 fully saturated rings. The molecule has 0 aromatic heterocycles. The smallest absolute Gasteiger partial charge is 0.258 e. The summed E-state index contributed by atoms with van der Waals surface area (Å²) < 4.78 is 11.0. The Labute approximate surface area is 188 Å². The molecule has 6 heteroatoms. The van der Waals surface area contributed by atoms with Crippen molar-refractivity contribution >= 4 is 22.6 Å². The largest absolute Gasteiger partial charge is 0.496 e. The van der Waals surface area contributed by atoms with Crippen molar-refractivity contribution in [3.05, 3.63) is 72.3 Å². The summed E-state index contributed by atoms with van der Waals surface area (Å²) in [6.07, 6.45) is 1.79. The van der Waals surface area contributed by atoms with Crippen molar-refractivity contribution in [1.82, 2.24) is 10.2 Å². The van der Waals surface area contributed by atoms with Crippen molar-refractivity contribution in [2.75, 3.05) is 26.8 Å². The second kappa shape index (κ2) is 10.2. The highest BCUT2D eigenvalue weighted by Gasteiger charge is 2.24. The molecule has 1 saturated heterocycles. The van der Waals surface area contributed by atoms with Crippen LogP contribution < -0.4 is 14.8 Å². The highest BCUT2D eigenvalue weighted by Crippen LogP contribution is 2.21. The van der Waals surface area contributed by atoms with Crippen LogP contribution in [-0.4, -0.2) is 49.6 Å². The quantitative estimate of drug-likeness (QED) is 0.620. The lowest BCUT2D eigenvalue weighted by Crippen LogP contribution is -2.47. The van der Waals surface area contributed by atoms with E-state index in [2.05, 4.69) is 5.32 Å². The maximum absolute atomic E-state index is 12.7. The van der Waals surface area contributed by atoms with E-state index in [1.165, 1.54) is 0 Å². The first-order valence-electron chi connectivity index (χ1n) is 10.9. The minimum absolute atomic E-state index is 0.0225. The molecule has 1 aliphatic rings. The summed E-state index contributed by atoms with van der Waals surface area (Å²) in [6.45, 7) is 1.24. The van der Waals surface area contributed by atoms with E-state index in [1.807, 2.05) is 71.6 Å². The van der Waals surface area contributed by atoms with Gasteiger partial charge in [-0.25, -0.2) is 0 Å². The second-order valence-electron chi connectivity index (χ2n) is 8.01. The number of para-hydroxylation sites is 1. The molecule has 0 atom stereocenters. The maximum Gasteiger partial charge on any atom is 0.258 e. The molecule has 2 amide bonds. The molecule has 0 saturated carbocycles. The molecule has 0 spiro atoms. The van der Waals surface area contributed by atoms with Gasteiger partial charge in [0.05, 0.1) is 13.5 Å². The fraction of sp³-hybridized carbons (Fsp3) is 0.308. The Morgan fingerprint density at radius 1 is 0.969 bits per heavy atom. The van der Waals surface area contributed by atoms with Gasteiger partial charge in [-0.15, -0.1) is 0 Å². The van der Waals surface area contributed by atoms with Gasteiger partial charge in [-0.3, -0.25) is 9.59 Å². The number of ether oxygens (including phenoxy) is 2. The zero-order valence-electron chi connectivity index (χ0n) is 18.3. The topological polar surface area (TPSA) is 67.9 Å². The number of fused-ring (bicyclic) bond motifs is 1. The summed E-state index contributed by atoms with van der Waals surface area (Å²) >= 11 is 0. The number of hydrogen-bond donors (Lipinski definition) is 1. The van der Waals surface area contributed by atoms with Gasteiger partial charge in [0, 0.05) is 24.7 Å². The molecule has 1 heterocycles. The fourth-order valence-corrected chi connectivity index (χ4v) is 4.07. The van der Waals surface area contributed by atoms with Crippen molar-refractivity contribution in [2.24, 2.45) is 0 Å². The second-order valence-corrected chi connectivity index (χ2v) is 8.01. The molecular weight excluding hydrogens is 404 g/mol. The van der Waals surface area contributed by atoms with Crippen LogP contribution in [0.4, 0.5) is 0 Å². The Kier molecular flexibility index (Phi) is 6.90. The first kappa shape index (κ1) is 21.7. The Balaban J connectivity index is 1.22. The molecular formula is C26H28N2O4. The minimum atomic E-state index is -0.142. The lowest BCUT2D eigenvalue weighted by molar-refractivity contribution is -0.131. The molecule has 3 aromatic carbocycles. The molecule has 1 N–H and O–H groups in total. The van der Waals surface area contributed by atoms with Crippen molar-refractivity contribution < 1.29 is 19.1 Å². The van der Waals surface area contributed by atoms with Gasteiger partial charge >= 0.3 is 0 Å². The molecule has 0 unspecified atom stereocenters. The molecule has 3 aromatic rings. The molecule has 4 rings (SSSR count). The minimum Gasteiger partial charge on any atom is -0.496 e. The molecule has 0 aliphatic carbocycles. The van der Waals surface area contributed by atoms with Crippen LogP contribution >= 0.6 is 0 Å². The molecule has 1 aliphatic heterocycles. The van der Waals surface area contributed by atoms with Gasteiger partial charge in [0.25, 0.3) is 5.91 Å². The third-order valence-corrected chi connectivity index (χ3v) is 5.84. The Morgan fingerprint density at radius 3 is 2.47 bits per heavy atom. The maximum atomic E-state index is 12.7. The molecule has 0 bridgehead atoms. The SMILES string of the molecule is COc1ccccc1CC(=O)N1CCC(NC(=O)COc2ccc3ccccc3c2)CC1. The average Bonchev–Trinajstić information content (AvgIpc) is 2.83.